The van der Waals surface area contributed by atoms with E-state index < -0.39 is 0 Å². The molecule has 6 heteroatoms. The topological polar surface area (TPSA) is 80.4 Å². The smallest absolute Gasteiger partial charge is 0.257 e. The zero-order valence-corrected chi connectivity index (χ0v) is 11.5. The summed E-state index contributed by atoms with van der Waals surface area (Å²) in [4.78, 5) is 4.39. The minimum atomic E-state index is -0.190. The number of benzene rings is 1. The van der Waals surface area contributed by atoms with E-state index in [0.717, 1.165) is 23.2 Å². The zero-order chi connectivity index (χ0) is 14.1. The molecular formula is C14H17N3O3. The van der Waals surface area contributed by atoms with Gasteiger partial charge in [0.15, 0.2) is 0 Å². The second-order valence-electron chi connectivity index (χ2n) is 4.98. The molecular weight excluding hydrogens is 258 g/mol. The molecule has 1 aliphatic heterocycles. The van der Waals surface area contributed by atoms with Gasteiger partial charge < -0.3 is 19.7 Å². The van der Waals surface area contributed by atoms with Crippen molar-refractivity contribution in [2.75, 3.05) is 19.7 Å². The Morgan fingerprint density at radius 3 is 2.70 bits per heavy atom. The highest BCUT2D eigenvalue weighted by atomic mass is 16.5. The Kier molecular flexibility index (Phi) is 3.42. The lowest BCUT2D eigenvalue weighted by Gasteiger charge is -2.19. The second kappa shape index (κ2) is 5.22. The van der Waals surface area contributed by atoms with E-state index in [1.807, 2.05) is 26.0 Å². The van der Waals surface area contributed by atoms with E-state index in [-0.39, 0.29) is 6.10 Å². The van der Waals surface area contributed by atoms with Crippen molar-refractivity contribution in [1.29, 1.82) is 0 Å². The van der Waals surface area contributed by atoms with Crippen molar-refractivity contribution >= 4 is 0 Å². The fourth-order valence-electron chi connectivity index (χ4n) is 2.29. The maximum Gasteiger partial charge on any atom is 0.257 e. The third-order valence-electron chi connectivity index (χ3n) is 3.39. The first-order chi connectivity index (χ1) is 9.65. The highest BCUT2D eigenvalue weighted by molar-refractivity contribution is 5.60. The lowest BCUT2D eigenvalue weighted by Crippen LogP contribution is -2.33. The van der Waals surface area contributed by atoms with Gasteiger partial charge in [-0.2, -0.15) is 4.98 Å². The first-order valence-electron chi connectivity index (χ1n) is 6.61. The first kappa shape index (κ1) is 13.1. The predicted octanol–water partition coefficient (Wildman–Crippen LogP) is 1.72. The van der Waals surface area contributed by atoms with Crippen LogP contribution in [0, 0.1) is 13.8 Å². The van der Waals surface area contributed by atoms with Crippen molar-refractivity contribution in [2.24, 2.45) is 0 Å². The summed E-state index contributed by atoms with van der Waals surface area (Å²) < 4.78 is 10.9. The van der Waals surface area contributed by atoms with Gasteiger partial charge in [-0.05, 0) is 37.1 Å². The van der Waals surface area contributed by atoms with Gasteiger partial charge in [0.05, 0.1) is 6.61 Å². The number of phenols is 1. The largest absolute Gasteiger partial charge is 0.507 e. The number of aromatic nitrogens is 2. The van der Waals surface area contributed by atoms with Crippen molar-refractivity contribution in [2.45, 2.75) is 20.0 Å². The van der Waals surface area contributed by atoms with Gasteiger partial charge in [0.1, 0.15) is 11.9 Å². The molecule has 0 radical (unpaired) electrons. The number of morpholine rings is 1. The maximum absolute atomic E-state index is 9.79. The molecule has 1 aromatic carbocycles. The number of ether oxygens (including phenoxy) is 1. The molecule has 1 aliphatic rings. The fourth-order valence-corrected chi connectivity index (χ4v) is 2.29. The van der Waals surface area contributed by atoms with Crippen LogP contribution in [0.25, 0.3) is 11.4 Å². The summed E-state index contributed by atoms with van der Waals surface area (Å²) in [6.07, 6.45) is -0.190. The van der Waals surface area contributed by atoms with Crippen molar-refractivity contribution in [3.05, 3.63) is 29.2 Å². The van der Waals surface area contributed by atoms with Gasteiger partial charge in [-0.15, -0.1) is 0 Å². The summed E-state index contributed by atoms with van der Waals surface area (Å²) >= 11 is 0. The average Bonchev–Trinajstić information content (AvgIpc) is 2.95. The van der Waals surface area contributed by atoms with Gasteiger partial charge in [-0.25, -0.2) is 0 Å². The summed E-state index contributed by atoms with van der Waals surface area (Å²) in [5.41, 5.74) is 2.42. The Balaban J connectivity index is 1.89. The van der Waals surface area contributed by atoms with E-state index in [2.05, 4.69) is 15.5 Å². The molecule has 0 amide bonds. The first-order valence-corrected chi connectivity index (χ1v) is 6.61. The fraction of sp³-hybridized carbons (Fsp3) is 0.429. The Morgan fingerprint density at radius 2 is 2.05 bits per heavy atom. The molecule has 2 N–H and O–H groups in total. The van der Waals surface area contributed by atoms with Crippen LogP contribution in [0.15, 0.2) is 16.7 Å². The number of rotatable bonds is 2. The zero-order valence-electron chi connectivity index (χ0n) is 11.5. The van der Waals surface area contributed by atoms with E-state index in [4.69, 9.17) is 9.26 Å². The molecule has 2 heterocycles. The van der Waals surface area contributed by atoms with E-state index in [1.54, 1.807) is 0 Å². The quantitative estimate of drug-likeness (QED) is 0.868. The predicted molar refractivity (Wildman–Crippen MR) is 72.4 cm³/mol. The lowest BCUT2D eigenvalue weighted by molar-refractivity contribution is 0.00755. The molecule has 0 bridgehead atoms. The van der Waals surface area contributed by atoms with Crippen LogP contribution < -0.4 is 5.32 Å². The normalized spacial score (nSPS) is 19.2. The van der Waals surface area contributed by atoms with E-state index in [9.17, 15) is 5.11 Å². The molecule has 6 nitrogen and oxygen atoms in total. The Bertz CT molecular complexity index is 595. The molecule has 1 unspecified atom stereocenters. The van der Waals surface area contributed by atoms with Crippen molar-refractivity contribution in [3.63, 3.8) is 0 Å². The summed E-state index contributed by atoms with van der Waals surface area (Å²) in [6.45, 7) is 5.85. The summed E-state index contributed by atoms with van der Waals surface area (Å²) in [7, 11) is 0. The highest BCUT2D eigenvalue weighted by Crippen LogP contribution is 2.28. The average molecular weight is 275 g/mol. The Hall–Kier alpha value is -1.92. The van der Waals surface area contributed by atoms with Crippen molar-refractivity contribution < 1.29 is 14.4 Å². The van der Waals surface area contributed by atoms with Crippen LogP contribution in [0.5, 0.6) is 5.75 Å². The molecule has 1 aromatic heterocycles. The molecule has 0 spiro atoms. The monoisotopic (exact) mass is 275 g/mol. The molecule has 0 aliphatic carbocycles. The van der Waals surface area contributed by atoms with Crippen LogP contribution in [0.4, 0.5) is 0 Å². The molecule has 20 heavy (non-hydrogen) atoms. The van der Waals surface area contributed by atoms with Crippen LogP contribution in [-0.4, -0.2) is 34.9 Å². The molecule has 0 saturated carbocycles. The van der Waals surface area contributed by atoms with E-state index in [1.165, 1.54) is 0 Å². The number of aryl methyl sites for hydroxylation is 2. The van der Waals surface area contributed by atoms with Crippen LogP contribution in [0.1, 0.15) is 23.1 Å². The standard InChI is InChI=1S/C14H17N3O3/c1-8-5-10(6-9(2)12(8)18)13-16-14(20-17-13)11-7-15-3-4-19-11/h5-6,11,15,18H,3-4,7H2,1-2H3. The molecule has 106 valence electrons. The number of hydrogen-bond donors (Lipinski definition) is 2. The number of nitrogens with one attached hydrogen (secondary N) is 1. The van der Waals surface area contributed by atoms with Gasteiger partial charge in [-0.3, -0.25) is 0 Å². The van der Waals surface area contributed by atoms with Crippen LogP contribution in [0.3, 0.4) is 0 Å². The van der Waals surface area contributed by atoms with Gasteiger partial charge in [0, 0.05) is 18.7 Å². The minimum absolute atomic E-state index is 0.190. The summed E-state index contributed by atoms with van der Waals surface area (Å²) in [5.74, 6) is 1.30. The number of nitrogens with zero attached hydrogens (tertiary/aromatic N) is 2. The number of aromatic hydroxyl groups is 1. The van der Waals surface area contributed by atoms with Crippen molar-refractivity contribution in [3.8, 4) is 17.1 Å². The molecule has 3 rings (SSSR count). The van der Waals surface area contributed by atoms with Crippen LogP contribution in [0.2, 0.25) is 0 Å². The molecule has 2 aromatic rings. The van der Waals surface area contributed by atoms with Gasteiger partial charge >= 0.3 is 0 Å². The SMILES string of the molecule is Cc1cc(-c2noc(C3CNCCO3)n2)cc(C)c1O. The van der Waals surface area contributed by atoms with Gasteiger partial charge in [0.25, 0.3) is 5.89 Å². The van der Waals surface area contributed by atoms with Crippen molar-refractivity contribution in [1.82, 2.24) is 15.5 Å². The minimum Gasteiger partial charge on any atom is -0.507 e. The molecule has 1 atom stereocenters. The third kappa shape index (κ3) is 2.39. The summed E-state index contributed by atoms with van der Waals surface area (Å²) in [5, 5.41) is 17.0. The lowest BCUT2D eigenvalue weighted by atomic mass is 10.1. The van der Waals surface area contributed by atoms with Gasteiger partial charge in [0.2, 0.25) is 5.82 Å². The number of phenolic OH excluding ortho intramolecular Hbond substituents is 1. The summed E-state index contributed by atoms with van der Waals surface area (Å²) in [6, 6.07) is 3.69. The van der Waals surface area contributed by atoms with Gasteiger partial charge in [-0.1, -0.05) is 5.16 Å². The maximum atomic E-state index is 9.79. The van der Waals surface area contributed by atoms with Crippen LogP contribution >= 0.6 is 0 Å². The Labute approximate surface area is 116 Å². The number of hydrogen-bond acceptors (Lipinski definition) is 6. The highest BCUT2D eigenvalue weighted by Gasteiger charge is 2.22. The molecule has 1 saturated heterocycles. The third-order valence-corrected chi connectivity index (χ3v) is 3.39. The Morgan fingerprint density at radius 1 is 1.30 bits per heavy atom. The van der Waals surface area contributed by atoms with Crippen LogP contribution in [-0.2, 0) is 4.74 Å². The van der Waals surface area contributed by atoms with E-state index >= 15 is 0 Å². The van der Waals surface area contributed by atoms with E-state index in [0.29, 0.717) is 30.6 Å². The molecule has 1 fully saturated rings. The second-order valence-corrected chi connectivity index (χ2v) is 4.98.